The van der Waals surface area contributed by atoms with Crippen LogP contribution < -0.4 is 4.74 Å². The van der Waals surface area contributed by atoms with E-state index in [0.29, 0.717) is 30.5 Å². The molecular formula is C24H24N2O4. The van der Waals surface area contributed by atoms with Crippen LogP contribution in [0.1, 0.15) is 45.5 Å². The molecule has 3 aliphatic heterocycles. The normalized spacial score (nSPS) is 25.1. The summed E-state index contributed by atoms with van der Waals surface area (Å²) in [6, 6.07) is 14.8. The lowest BCUT2D eigenvalue weighted by Gasteiger charge is -2.35. The molecule has 2 fully saturated rings. The van der Waals surface area contributed by atoms with Crippen molar-refractivity contribution in [2.24, 2.45) is 5.92 Å². The number of amides is 3. The molecule has 3 amide bonds. The lowest BCUT2D eigenvalue weighted by Crippen LogP contribution is -2.51. The molecule has 0 radical (unpaired) electrons. The van der Waals surface area contributed by atoms with Crippen molar-refractivity contribution in [2.75, 3.05) is 20.2 Å². The van der Waals surface area contributed by atoms with E-state index in [0.717, 1.165) is 24.2 Å². The van der Waals surface area contributed by atoms with Crippen molar-refractivity contribution in [3.8, 4) is 5.75 Å². The van der Waals surface area contributed by atoms with E-state index in [1.165, 1.54) is 4.90 Å². The monoisotopic (exact) mass is 404 g/mol. The summed E-state index contributed by atoms with van der Waals surface area (Å²) < 4.78 is 5.21. The predicted octanol–water partition coefficient (Wildman–Crippen LogP) is 2.92. The molecule has 30 heavy (non-hydrogen) atoms. The average Bonchev–Trinajstić information content (AvgIpc) is 3.36. The van der Waals surface area contributed by atoms with E-state index in [4.69, 9.17) is 4.74 Å². The first-order valence-corrected chi connectivity index (χ1v) is 10.4. The highest BCUT2D eigenvalue weighted by Crippen LogP contribution is 2.45. The standard InChI is InChI=1S/C24H24N2O4/c1-30-18-9-7-16(8-10-18)13-17-14-24(11-4-12-26(24)21(17)27)15-25-22(28)19-5-2-3-6-20(19)23(25)29/h2-3,5-10,17H,4,11-15H2,1H3. The predicted molar refractivity (Wildman–Crippen MR) is 110 cm³/mol. The van der Waals surface area contributed by atoms with Crippen LogP contribution in [0.15, 0.2) is 48.5 Å². The van der Waals surface area contributed by atoms with Crippen molar-refractivity contribution in [3.05, 3.63) is 65.2 Å². The number of imide groups is 1. The van der Waals surface area contributed by atoms with Gasteiger partial charge in [-0.25, -0.2) is 0 Å². The Morgan fingerprint density at radius 1 is 1.00 bits per heavy atom. The quantitative estimate of drug-likeness (QED) is 0.719. The zero-order valence-corrected chi connectivity index (χ0v) is 17.0. The van der Waals surface area contributed by atoms with Gasteiger partial charge in [0.1, 0.15) is 5.75 Å². The number of ether oxygens (including phenoxy) is 1. The van der Waals surface area contributed by atoms with Gasteiger partial charge < -0.3 is 9.64 Å². The van der Waals surface area contributed by atoms with Gasteiger partial charge >= 0.3 is 0 Å². The molecule has 2 unspecified atom stereocenters. The average molecular weight is 404 g/mol. The molecule has 6 nitrogen and oxygen atoms in total. The highest BCUT2D eigenvalue weighted by Gasteiger charge is 2.55. The van der Waals surface area contributed by atoms with Crippen LogP contribution in [0.25, 0.3) is 0 Å². The molecule has 2 aromatic rings. The second-order valence-electron chi connectivity index (χ2n) is 8.51. The number of methoxy groups -OCH3 is 1. The maximum Gasteiger partial charge on any atom is 0.261 e. The largest absolute Gasteiger partial charge is 0.497 e. The fraction of sp³-hybridized carbons (Fsp3) is 0.375. The Morgan fingerprint density at radius 3 is 2.30 bits per heavy atom. The number of fused-ring (bicyclic) bond motifs is 2. The minimum atomic E-state index is -0.443. The summed E-state index contributed by atoms with van der Waals surface area (Å²) in [7, 11) is 1.63. The molecule has 3 aliphatic rings. The fourth-order valence-electron chi connectivity index (χ4n) is 5.37. The van der Waals surface area contributed by atoms with Crippen molar-refractivity contribution >= 4 is 17.7 Å². The molecule has 0 aromatic heterocycles. The second kappa shape index (κ2) is 6.97. The lowest BCUT2D eigenvalue weighted by atomic mass is 9.86. The zero-order chi connectivity index (χ0) is 20.9. The van der Waals surface area contributed by atoms with Crippen LogP contribution in [0.4, 0.5) is 0 Å². The number of nitrogens with zero attached hydrogens (tertiary/aromatic N) is 2. The van der Waals surface area contributed by atoms with Crippen LogP contribution in [-0.4, -0.2) is 53.3 Å². The Labute approximate surface area is 175 Å². The van der Waals surface area contributed by atoms with Gasteiger partial charge in [-0.15, -0.1) is 0 Å². The van der Waals surface area contributed by atoms with Gasteiger partial charge in [-0.2, -0.15) is 0 Å². The van der Waals surface area contributed by atoms with Crippen LogP contribution in [0.5, 0.6) is 5.75 Å². The highest BCUT2D eigenvalue weighted by atomic mass is 16.5. The van der Waals surface area contributed by atoms with Crippen LogP contribution in [0.3, 0.4) is 0 Å². The molecule has 3 heterocycles. The fourth-order valence-corrected chi connectivity index (χ4v) is 5.37. The van der Waals surface area contributed by atoms with E-state index in [1.807, 2.05) is 29.2 Å². The first kappa shape index (κ1) is 18.9. The molecule has 0 bridgehead atoms. The van der Waals surface area contributed by atoms with Gasteiger partial charge in [0, 0.05) is 12.5 Å². The molecule has 0 aliphatic carbocycles. The number of hydrogen-bond donors (Lipinski definition) is 0. The molecule has 0 N–H and O–H groups in total. The Morgan fingerprint density at radius 2 is 1.67 bits per heavy atom. The van der Waals surface area contributed by atoms with Crippen LogP contribution >= 0.6 is 0 Å². The molecule has 5 rings (SSSR count). The van der Waals surface area contributed by atoms with E-state index in [-0.39, 0.29) is 30.2 Å². The molecule has 0 saturated carbocycles. The molecule has 2 saturated heterocycles. The minimum Gasteiger partial charge on any atom is -0.497 e. The smallest absolute Gasteiger partial charge is 0.261 e. The lowest BCUT2D eigenvalue weighted by molar-refractivity contribution is -0.132. The Hall–Kier alpha value is -3.15. The summed E-state index contributed by atoms with van der Waals surface area (Å²) in [4.78, 5) is 42.2. The Kier molecular flexibility index (Phi) is 4.38. The van der Waals surface area contributed by atoms with Gasteiger partial charge in [-0.1, -0.05) is 24.3 Å². The first-order chi connectivity index (χ1) is 14.5. The van der Waals surface area contributed by atoms with Gasteiger partial charge in [0.05, 0.1) is 30.3 Å². The highest BCUT2D eigenvalue weighted by molar-refractivity contribution is 6.21. The number of benzene rings is 2. The Balaban J connectivity index is 1.37. The number of rotatable bonds is 5. The van der Waals surface area contributed by atoms with Gasteiger partial charge in [0.2, 0.25) is 5.91 Å². The second-order valence-corrected chi connectivity index (χ2v) is 8.51. The van der Waals surface area contributed by atoms with E-state index >= 15 is 0 Å². The van der Waals surface area contributed by atoms with Crippen LogP contribution in [0, 0.1) is 5.92 Å². The molecule has 2 aromatic carbocycles. The Bertz CT molecular complexity index is 997. The van der Waals surface area contributed by atoms with Crippen LogP contribution in [0.2, 0.25) is 0 Å². The van der Waals surface area contributed by atoms with Crippen molar-refractivity contribution in [2.45, 2.75) is 31.2 Å². The van der Waals surface area contributed by atoms with Gasteiger partial charge in [-0.05, 0) is 55.5 Å². The molecule has 0 spiro atoms. The van der Waals surface area contributed by atoms with E-state index in [2.05, 4.69) is 0 Å². The third-order valence-electron chi connectivity index (χ3n) is 6.81. The number of hydrogen-bond acceptors (Lipinski definition) is 4. The molecule has 6 heteroatoms. The molecule has 154 valence electrons. The summed E-state index contributed by atoms with van der Waals surface area (Å²) in [6.07, 6.45) is 3.06. The summed E-state index contributed by atoms with van der Waals surface area (Å²) in [5.74, 6) is 0.304. The summed E-state index contributed by atoms with van der Waals surface area (Å²) in [5.41, 5.74) is 1.57. The third-order valence-corrected chi connectivity index (χ3v) is 6.81. The maximum atomic E-state index is 13.2. The maximum absolute atomic E-state index is 13.2. The van der Waals surface area contributed by atoms with E-state index < -0.39 is 5.54 Å². The summed E-state index contributed by atoms with van der Waals surface area (Å²) >= 11 is 0. The minimum absolute atomic E-state index is 0.131. The van der Waals surface area contributed by atoms with Crippen molar-refractivity contribution < 1.29 is 19.1 Å². The topological polar surface area (TPSA) is 66.9 Å². The SMILES string of the molecule is COc1ccc(CC2CC3(CN4C(=O)c5ccccc5C4=O)CCCN3C2=O)cc1. The van der Waals surface area contributed by atoms with E-state index in [9.17, 15) is 14.4 Å². The van der Waals surface area contributed by atoms with Crippen molar-refractivity contribution in [1.29, 1.82) is 0 Å². The van der Waals surface area contributed by atoms with Crippen LogP contribution in [-0.2, 0) is 11.2 Å². The molecular weight excluding hydrogens is 380 g/mol. The summed E-state index contributed by atoms with van der Waals surface area (Å²) in [5, 5.41) is 0. The van der Waals surface area contributed by atoms with Crippen molar-refractivity contribution in [1.82, 2.24) is 9.80 Å². The van der Waals surface area contributed by atoms with Crippen molar-refractivity contribution in [3.63, 3.8) is 0 Å². The van der Waals surface area contributed by atoms with Gasteiger partial charge in [0.15, 0.2) is 0 Å². The number of carbonyl (C=O) groups excluding carboxylic acids is 3. The zero-order valence-electron chi connectivity index (χ0n) is 17.0. The van der Waals surface area contributed by atoms with Gasteiger partial charge in [0.25, 0.3) is 11.8 Å². The summed E-state index contributed by atoms with van der Waals surface area (Å²) in [6.45, 7) is 0.977. The van der Waals surface area contributed by atoms with Gasteiger partial charge in [-0.3, -0.25) is 19.3 Å². The van der Waals surface area contributed by atoms with E-state index in [1.54, 1.807) is 31.4 Å². The number of carbonyl (C=O) groups is 3. The first-order valence-electron chi connectivity index (χ1n) is 10.4. The molecule has 2 atom stereocenters. The third kappa shape index (κ3) is 2.82.